The Kier molecular flexibility index (Phi) is 4.89. The first kappa shape index (κ1) is 17.3. The molecule has 3 aromatic rings. The third-order valence-corrected chi connectivity index (χ3v) is 4.65. The second-order valence-electron chi connectivity index (χ2n) is 6.51. The van der Waals surface area contributed by atoms with Gasteiger partial charge in [-0.05, 0) is 23.8 Å². The molecular formula is C21H21N3O3. The quantitative estimate of drug-likeness (QED) is 0.757. The first-order valence-corrected chi connectivity index (χ1v) is 8.96. The number of nitrogens with zero attached hydrogens (tertiary/aromatic N) is 3. The molecule has 6 heteroatoms. The fraction of sp³-hybridized carbons (Fsp3) is 0.238. The van der Waals surface area contributed by atoms with E-state index in [0.717, 1.165) is 11.3 Å². The molecule has 1 amide bonds. The Bertz CT molecular complexity index is 937. The van der Waals surface area contributed by atoms with Crippen LogP contribution in [0.3, 0.4) is 0 Å². The molecule has 0 saturated heterocycles. The highest BCUT2D eigenvalue weighted by atomic mass is 16.5. The maximum Gasteiger partial charge on any atom is 0.258 e. The van der Waals surface area contributed by atoms with Crippen molar-refractivity contribution >= 4 is 5.91 Å². The van der Waals surface area contributed by atoms with Gasteiger partial charge in [0.1, 0.15) is 12.4 Å². The van der Waals surface area contributed by atoms with Crippen LogP contribution in [0, 0.1) is 0 Å². The summed E-state index contributed by atoms with van der Waals surface area (Å²) in [7, 11) is 0. The van der Waals surface area contributed by atoms with E-state index in [1.165, 1.54) is 0 Å². The molecule has 138 valence electrons. The number of ether oxygens (including phenoxy) is 1. The normalized spacial score (nSPS) is 13.3. The first-order valence-electron chi connectivity index (χ1n) is 8.96. The van der Waals surface area contributed by atoms with Crippen molar-refractivity contribution in [3.05, 3.63) is 83.2 Å². The minimum atomic E-state index is -0.0931. The zero-order valence-corrected chi connectivity index (χ0v) is 14.9. The van der Waals surface area contributed by atoms with Crippen molar-refractivity contribution in [1.29, 1.82) is 0 Å². The maximum atomic E-state index is 13.1. The molecule has 0 aliphatic carbocycles. The molecule has 1 aliphatic rings. The van der Waals surface area contributed by atoms with Crippen LogP contribution < -0.4 is 4.74 Å². The summed E-state index contributed by atoms with van der Waals surface area (Å²) in [6, 6.07) is 19.1. The van der Waals surface area contributed by atoms with Gasteiger partial charge in [-0.2, -0.15) is 5.10 Å². The number of amides is 1. The molecule has 0 saturated carbocycles. The zero-order valence-electron chi connectivity index (χ0n) is 14.9. The first-order chi connectivity index (χ1) is 13.2. The van der Waals surface area contributed by atoms with Gasteiger partial charge in [-0.3, -0.25) is 9.48 Å². The number of aromatic nitrogens is 2. The largest absolute Gasteiger partial charge is 0.488 e. The van der Waals surface area contributed by atoms with Gasteiger partial charge in [0.2, 0.25) is 0 Å². The fourth-order valence-electron chi connectivity index (χ4n) is 3.25. The Balaban J connectivity index is 1.50. The number of carbonyl (C=O) groups is 1. The van der Waals surface area contributed by atoms with Gasteiger partial charge >= 0.3 is 0 Å². The molecule has 0 atom stereocenters. The summed E-state index contributed by atoms with van der Waals surface area (Å²) in [5, 5.41) is 13.6. The molecule has 2 heterocycles. The second-order valence-corrected chi connectivity index (χ2v) is 6.51. The third kappa shape index (κ3) is 3.71. The molecule has 0 bridgehead atoms. The molecule has 0 spiro atoms. The Morgan fingerprint density at radius 3 is 2.67 bits per heavy atom. The third-order valence-electron chi connectivity index (χ3n) is 4.65. The Hall–Kier alpha value is -3.12. The van der Waals surface area contributed by atoms with Crippen LogP contribution in [-0.2, 0) is 26.3 Å². The summed E-state index contributed by atoms with van der Waals surface area (Å²) in [4.78, 5) is 14.9. The van der Waals surface area contributed by atoms with Gasteiger partial charge in [-0.25, -0.2) is 0 Å². The lowest BCUT2D eigenvalue weighted by molar-refractivity contribution is 0.0701. The molecular weight excluding hydrogens is 342 g/mol. The van der Waals surface area contributed by atoms with Crippen LogP contribution >= 0.6 is 0 Å². The highest BCUT2D eigenvalue weighted by Gasteiger charge is 2.25. The molecule has 2 aromatic carbocycles. The van der Waals surface area contributed by atoms with E-state index in [9.17, 15) is 9.90 Å². The van der Waals surface area contributed by atoms with Crippen LogP contribution in [-0.4, -0.2) is 32.2 Å². The molecule has 1 aromatic heterocycles. The summed E-state index contributed by atoms with van der Waals surface area (Å²) in [6.07, 6.45) is 0. The number of aliphatic hydroxyl groups is 1. The summed E-state index contributed by atoms with van der Waals surface area (Å²) >= 11 is 0. The Morgan fingerprint density at radius 1 is 1.07 bits per heavy atom. The number of hydrogen-bond acceptors (Lipinski definition) is 4. The van der Waals surface area contributed by atoms with Crippen molar-refractivity contribution in [2.24, 2.45) is 0 Å². The monoisotopic (exact) mass is 363 g/mol. The lowest BCUT2D eigenvalue weighted by Gasteiger charge is -2.28. The number of carbonyl (C=O) groups excluding carboxylic acids is 1. The van der Waals surface area contributed by atoms with E-state index in [4.69, 9.17) is 4.74 Å². The van der Waals surface area contributed by atoms with E-state index >= 15 is 0 Å². The summed E-state index contributed by atoms with van der Waals surface area (Å²) in [6.45, 7) is 1.99. The molecule has 0 fully saturated rings. The van der Waals surface area contributed by atoms with Crippen LogP contribution in [0.2, 0.25) is 0 Å². The Labute approximate surface area is 157 Å². The minimum Gasteiger partial charge on any atom is -0.488 e. The predicted octanol–water partition coefficient (Wildman–Crippen LogP) is 2.61. The van der Waals surface area contributed by atoms with Crippen molar-refractivity contribution in [1.82, 2.24) is 14.7 Å². The Morgan fingerprint density at radius 2 is 1.85 bits per heavy atom. The smallest absolute Gasteiger partial charge is 0.258 e. The fourth-order valence-corrected chi connectivity index (χ4v) is 3.25. The molecule has 4 rings (SSSR count). The molecule has 0 unspecified atom stereocenters. The molecule has 1 aliphatic heterocycles. The van der Waals surface area contributed by atoms with Crippen molar-refractivity contribution in [2.45, 2.75) is 26.3 Å². The van der Waals surface area contributed by atoms with Crippen LogP contribution in [0.4, 0.5) is 0 Å². The standard InChI is InChI=1S/C21H21N3O3/c25-14-17-12-18-13-23(10-11-24(18)22-17)21(26)19-8-4-5-9-20(19)27-15-16-6-2-1-3-7-16/h1-9,12,25H,10-11,13-15H2. The van der Waals surface area contributed by atoms with E-state index in [-0.39, 0.29) is 12.5 Å². The minimum absolute atomic E-state index is 0.0586. The average molecular weight is 363 g/mol. The van der Waals surface area contributed by atoms with Gasteiger partial charge in [0, 0.05) is 6.54 Å². The summed E-state index contributed by atoms with van der Waals surface area (Å²) in [5.74, 6) is 0.526. The highest BCUT2D eigenvalue weighted by molar-refractivity contribution is 5.97. The van der Waals surface area contributed by atoms with Crippen LogP contribution in [0.25, 0.3) is 0 Å². The van der Waals surface area contributed by atoms with E-state index in [2.05, 4.69) is 5.10 Å². The predicted molar refractivity (Wildman–Crippen MR) is 100 cm³/mol. The maximum absolute atomic E-state index is 13.1. The number of hydrogen-bond donors (Lipinski definition) is 1. The van der Waals surface area contributed by atoms with Crippen molar-refractivity contribution < 1.29 is 14.6 Å². The van der Waals surface area contributed by atoms with Crippen LogP contribution in [0.5, 0.6) is 5.75 Å². The highest BCUT2D eigenvalue weighted by Crippen LogP contribution is 2.23. The van der Waals surface area contributed by atoms with E-state index < -0.39 is 0 Å². The van der Waals surface area contributed by atoms with Crippen molar-refractivity contribution in [2.75, 3.05) is 6.54 Å². The van der Waals surface area contributed by atoms with Crippen LogP contribution in [0.15, 0.2) is 60.7 Å². The number of fused-ring (bicyclic) bond motifs is 1. The molecule has 6 nitrogen and oxygen atoms in total. The molecule has 0 radical (unpaired) electrons. The van der Waals surface area contributed by atoms with Crippen molar-refractivity contribution in [3.63, 3.8) is 0 Å². The van der Waals surface area contributed by atoms with Crippen LogP contribution in [0.1, 0.15) is 27.3 Å². The van der Waals surface area contributed by atoms with Gasteiger partial charge in [-0.1, -0.05) is 42.5 Å². The molecule has 1 N–H and O–H groups in total. The van der Waals surface area contributed by atoms with Gasteiger partial charge < -0.3 is 14.7 Å². The van der Waals surface area contributed by atoms with E-state index in [0.29, 0.717) is 43.2 Å². The number of rotatable bonds is 5. The van der Waals surface area contributed by atoms with Gasteiger partial charge in [0.15, 0.2) is 0 Å². The lowest BCUT2D eigenvalue weighted by atomic mass is 10.1. The molecule has 27 heavy (non-hydrogen) atoms. The van der Waals surface area contributed by atoms with E-state index in [1.54, 1.807) is 11.0 Å². The summed E-state index contributed by atoms with van der Waals surface area (Å²) < 4.78 is 7.78. The number of benzene rings is 2. The summed E-state index contributed by atoms with van der Waals surface area (Å²) in [5.41, 5.74) is 3.18. The van der Waals surface area contributed by atoms with Gasteiger partial charge in [-0.15, -0.1) is 0 Å². The second kappa shape index (κ2) is 7.63. The average Bonchev–Trinajstić information content (AvgIpc) is 3.15. The number of para-hydroxylation sites is 1. The lowest BCUT2D eigenvalue weighted by Crippen LogP contribution is -2.38. The van der Waals surface area contributed by atoms with Gasteiger partial charge in [0.05, 0.1) is 36.6 Å². The van der Waals surface area contributed by atoms with Crippen molar-refractivity contribution in [3.8, 4) is 5.75 Å². The van der Waals surface area contributed by atoms with E-state index in [1.807, 2.05) is 59.3 Å². The van der Waals surface area contributed by atoms with Gasteiger partial charge in [0.25, 0.3) is 5.91 Å². The SMILES string of the molecule is O=C(c1ccccc1OCc1ccccc1)N1CCn2nc(CO)cc2C1. The topological polar surface area (TPSA) is 67.6 Å². The zero-order chi connectivity index (χ0) is 18.6. The number of aliphatic hydroxyl groups excluding tert-OH is 1.